The highest BCUT2D eigenvalue weighted by molar-refractivity contribution is 5.19. The Balaban J connectivity index is 1.54. The normalized spacial score (nSPS) is 15.8. The molecule has 4 nitrogen and oxygen atoms in total. The van der Waals surface area contributed by atoms with Gasteiger partial charge >= 0.3 is 0 Å². The molecule has 1 fully saturated rings. The molecule has 0 radical (unpaired) electrons. The summed E-state index contributed by atoms with van der Waals surface area (Å²) in [6.45, 7) is 0.626. The van der Waals surface area contributed by atoms with Gasteiger partial charge in [-0.1, -0.05) is 30.1 Å². The highest BCUT2D eigenvalue weighted by Gasteiger charge is 2.15. The summed E-state index contributed by atoms with van der Waals surface area (Å²) in [5.41, 5.74) is 0.975. The van der Waals surface area contributed by atoms with E-state index in [2.05, 4.69) is 15.5 Å². The second-order valence-electron chi connectivity index (χ2n) is 5.27. The molecule has 1 aliphatic carbocycles. The van der Waals surface area contributed by atoms with E-state index in [4.69, 9.17) is 4.52 Å². The molecule has 20 heavy (non-hydrogen) atoms. The Kier molecular flexibility index (Phi) is 4.06. The fraction of sp³-hybridized carbons (Fsp3) is 0.467. The first kappa shape index (κ1) is 13.2. The van der Waals surface area contributed by atoms with Crippen LogP contribution < -0.4 is 5.32 Å². The summed E-state index contributed by atoms with van der Waals surface area (Å²) in [6.07, 6.45) is 5.63. The van der Waals surface area contributed by atoms with E-state index in [1.807, 2.05) is 0 Å². The van der Waals surface area contributed by atoms with E-state index in [-0.39, 0.29) is 5.82 Å². The molecular weight excluding hydrogens is 257 g/mol. The molecule has 5 heteroatoms. The van der Waals surface area contributed by atoms with Crippen LogP contribution in [0.4, 0.5) is 4.39 Å². The average Bonchev–Trinajstić information content (AvgIpc) is 3.10. The third-order valence-corrected chi connectivity index (χ3v) is 3.68. The quantitative estimate of drug-likeness (QED) is 0.911. The van der Waals surface area contributed by atoms with Gasteiger partial charge in [-0.05, 0) is 30.5 Å². The summed E-state index contributed by atoms with van der Waals surface area (Å²) in [5.74, 6) is 1.03. The smallest absolute Gasteiger partial charge is 0.240 e. The summed E-state index contributed by atoms with van der Waals surface area (Å²) >= 11 is 0. The van der Waals surface area contributed by atoms with E-state index < -0.39 is 0 Å². The van der Waals surface area contributed by atoms with Crippen molar-refractivity contribution >= 4 is 0 Å². The molecule has 0 amide bonds. The molecule has 0 aliphatic heterocycles. The Morgan fingerprint density at radius 2 is 1.95 bits per heavy atom. The third-order valence-electron chi connectivity index (χ3n) is 3.68. The lowest BCUT2D eigenvalue weighted by Crippen LogP contribution is -2.25. The van der Waals surface area contributed by atoms with Gasteiger partial charge in [-0.25, -0.2) is 4.39 Å². The van der Waals surface area contributed by atoms with Crippen molar-refractivity contribution in [2.24, 2.45) is 0 Å². The lowest BCUT2D eigenvalue weighted by molar-refractivity contribution is 0.353. The predicted octanol–water partition coefficient (Wildman–Crippen LogP) is 2.83. The van der Waals surface area contributed by atoms with Gasteiger partial charge in [0.2, 0.25) is 5.89 Å². The van der Waals surface area contributed by atoms with Gasteiger partial charge in [-0.2, -0.15) is 4.98 Å². The first-order chi connectivity index (χ1) is 9.79. The maximum absolute atomic E-state index is 12.8. The summed E-state index contributed by atoms with van der Waals surface area (Å²) in [5, 5.41) is 7.40. The lowest BCUT2D eigenvalue weighted by atomic mass is 10.1. The van der Waals surface area contributed by atoms with Crippen LogP contribution in [0.15, 0.2) is 28.8 Å². The van der Waals surface area contributed by atoms with E-state index >= 15 is 0 Å². The maximum Gasteiger partial charge on any atom is 0.240 e. The molecule has 1 heterocycles. The standard InChI is InChI=1S/C15H18FN3O/c16-12-7-5-11(6-8-12)9-14-18-15(20-19-14)10-17-13-3-1-2-4-13/h5-8,13,17H,1-4,9-10H2. The molecule has 1 N–H and O–H groups in total. The summed E-state index contributed by atoms with van der Waals surface area (Å²) in [4.78, 5) is 4.35. The van der Waals surface area contributed by atoms with Crippen LogP contribution in [-0.2, 0) is 13.0 Å². The van der Waals surface area contributed by atoms with Crippen molar-refractivity contribution in [1.29, 1.82) is 0 Å². The van der Waals surface area contributed by atoms with Crippen LogP contribution in [0.5, 0.6) is 0 Å². The van der Waals surface area contributed by atoms with Gasteiger partial charge < -0.3 is 9.84 Å². The lowest BCUT2D eigenvalue weighted by Gasteiger charge is -2.08. The Morgan fingerprint density at radius 3 is 2.70 bits per heavy atom. The van der Waals surface area contributed by atoms with E-state index in [1.165, 1.54) is 37.8 Å². The van der Waals surface area contributed by atoms with Crippen molar-refractivity contribution in [3.05, 3.63) is 47.4 Å². The molecule has 0 bridgehead atoms. The van der Waals surface area contributed by atoms with Gasteiger partial charge in [0.05, 0.1) is 6.54 Å². The van der Waals surface area contributed by atoms with Crippen molar-refractivity contribution < 1.29 is 8.91 Å². The Morgan fingerprint density at radius 1 is 1.20 bits per heavy atom. The highest BCUT2D eigenvalue weighted by Crippen LogP contribution is 2.18. The second kappa shape index (κ2) is 6.13. The number of rotatable bonds is 5. The van der Waals surface area contributed by atoms with Crippen LogP contribution in [0.2, 0.25) is 0 Å². The number of halogens is 1. The van der Waals surface area contributed by atoms with Crippen molar-refractivity contribution in [2.75, 3.05) is 0 Å². The molecule has 1 aromatic carbocycles. The Bertz CT molecular complexity index is 547. The first-order valence-corrected chi connectivity index (χ1v) is 7.09. The van der Waals surface area contributed by atoms with Crippen molar-refractivity contribution in [1.82, 2.24) is 15.5 Å². The summed E-state index contributed by atoms with van der Waals surface area (Å²) < 4.78 is 18.0. The van der Waals surface area contributed by atoms with E-state index in [9.17, 15) is 4.39 Å². The van der Waals surface area contributed by atoms with Crippen LogP contribution in [-0.4, -0.2) is 16.2 Å². The molecule has 2 aromatic rings. The van der Waals surface area contributed by atoms with Gasteiger partial charge in [0, 0.05) is 12.5 Å². The summed E-state index contributed by atoms with van der Waals surface area (Å²) in [7, 11) is 0. The molecule has 0 saturated heterocycles. The summed E-state index contributed by atoms with van der Waals surface area (Å²) in [6, 6.07) is 6.95. The zero-order valence-electron chi connectivity index (χ0n) is 11.3. The van der Waals surface area contributed by atoms with Crippen LogP contribution in [0.25, 0.3) is 0 Å². The number of nitrogens with zero attached hydrogens (tertiary/aromatic N) is 2. The molecule has 1 aromatic heterocycles. The van der Waals surface area contributed by atoms with Crippen molar-refractivity contribution in [2.45, 2.75) is 44.7 Å². The van der Waals surface area contributed by atoms with E-state index in [0.29, 0.717) is 30.7 Å². The molecule has 0 unspecified atom stereocenters. The first-order valence-electron chi connectivity index (χ1n) is 7.09. The number of hydrogen-bond acceptors (Lipinski definition) is 4. The van der Waals surface area contributed by atoms with Gasteiger partial charge in [-0.3, -0.25) is 0 Å². The average molecular weight is 275 g/mol. The molecule has 0 spiro atoms. The highest BCUT2D eigenvalue weighted by atomic mass is 19.1. The monoisotopic (exact) mass is 275 g/mol. The Labute approximate surface area is 117 Å². The minimum Gasteiger partial charge on any atom is -0.338 e. The molecule has 1 aliphatic rings. The largest absolute Gasteiger partial charge is 0.338 e. The zero-order valence-corrected chi connectivity index (χ0v) is 11.3. The Hall–Kier alpha value is -1.75. The molecule has 0 atom stereocenters. The third kappa shape index (κ3) is 3.42. The van der Waals surface area contributed by atoms with Crippen molar-refractivity contribution in [3.8, 4) is 0 Å². The molecule has 106 valence electrons. The maximum atomic E-state index is 12.8. The van der Waals surface area contributed by atoms with E-state index in [0.717, 1.165) is 5.56 Å². The van der Waals surface area contributed by atoms with Gasteiger partial charge in [0.1, 0.15) is 5.82 Å². The number of aromatic nitrogens is 2. The van der Waals surface area contributed by atoms with Crippen molar-refractivity contribution in [3.63, 3.8) is 0 Å². The minimum atomic E-state index is -0.233. The van der Waals surface area contributed by atoms with Gasteiger partial charge in [-0.15, -0.1) is 0 Å². The number of nitrogens with one attached hydrogen (secondary N) is 1. The van der Waals surface area contributed by atoms with Crippen LogP contribution in [0.3, 0.4) is 0 Å². The fourth-order valence-electron chi connectivity index (χ4n) is 2.58. The number of hydrogen-bond donors (Lipinski definition) is 1. The van der Waals surface area contributed by atoms with Crippen LogP contribution >= 0.6 is 0 Å². The minimum absolute atomic E-state index is 0.233. The van der Waals surface area contributed by atoms with Gasteiger partial charge in [0.25, 0.3) is 0 Å². The van der Waals surface area contributed by atoms with E-state index in [1.54, 1.807) is 12.1 Å². The fourth-order valence-corrected chi connectivity index (χ4v) is 2.58. The number of benzene rings is 1. The second-order valence-corrected chi connectivity index (χ2v) is 5.27. The molecule has 3 rings (SSSR count). The zero-order chi connectivity index (χ0) is 13.8. The van der Waals surface area contributed by atoms with Crippen LogP contribution in [0.1, 0.15) is 43.0 Å². The SMILES string of the molecule is Fc1ccc(Cc2noc(CNC3CCCC3)n2)cc1. The predicted molar refractivity (Wildman–Crippen MR) is 72.6 cm³/mol. The van der Waals surface area contributed by atoms with Gasteiger partial charge in [0.15, 0.2) is 5.82 Å². The topological polar surface area (TPSA) is 51.0 Å². The molecular formula is C15H18FN3O. The molecule has 1 saturated carbocycles. The van der Waals surface area contributed by atoms with Crippen LogP contribution in [0, 0.1) is 5.82 Å².